The topological polar surface area (TPSA) is 115 Å². The van der Waals surface area contributed by atoms with Gasteiger partial charge in [0.1, 0.15) is 5.01 Å². The van der Waals surface area contributed by atoms with Gasteiger partial charge >= 0.3 is 0 Å². The molecule has 1 aromatic heterocycles. The number of primary amides is 1. The molecule has 0 aliphatic heterocycles. The van der Waals surface area contributed by atoms with Crippen molar-refractivity contribution in [1.82, 2.24) is 4.98 Å². The SMILES string of the molecule is COc1ccc(-c2csc(C(C#N)C(=O)c3ccc(C(N)=O)cc3)n2)cc1OC. The van der Waals surface area contributed by atoms with Crippen LogP contribution in [0.3, 0.4) is 0 Å². The third-order valence-corrected chi connectivity index (χ3v) is 5.20. The Morgan fingerprint density at radius 1 is 1.07 bits per heavy atom. The second-order valence-electron chi connectivity index (χ2n) is 6.01. The molecule has 1 amide bonds. The standard InChI is InChI=1S/C21H17N3O4S/c1-27-17-8-7-14(9-18(17)28-2)16-11-29-21(24-16)15(10-22)19(25)12-3-5-13(6-4-12)20(23)26/h3-9,11,15H,1-2H3,(H2,23,26). The molecule has 0 aliphatic rings. The molecule has 0 saturated carbocycles. The molecule has 0 bridgehead atoms. The van der Waals surface area contributed by atoms with Crippen LogP contribution in [0.4, 0.5) is 0 Å². The van der Waals surface area contributed by atoms with E-state index in [-0.39, 0.29) is 0 Å². The van der Waals surface area contributed by atoms with E-state index in [0.717, 1.165) is 5.56 Å². The summed E-state index contributed by atoms with van der Waals surface area (Å²) >= 11 is 1.23. The van der Waals surface area contributed by atoms with Gasteiger partial charge in [-0.05, 0) is 30.3 Å². The number of ketones is 1. The summed E-state index contributed by atoms with van der Waals surface area (Å²) < 4.78 is 10.5. The van der Waals surface area contributed by atoms with Crippen molar-refractivity contribution in [1.29, 1.82) is 5.26 Å². The van der Waals surface area contributed by atoms with Gasteiger partial charge in [-0.15, -0.1) is 11.3 Å². The molecule has 146 valence electrons. The number of ether oxygens (including phenoxy) is 2. The Kier molecular flexibility index (Phi) is 5.90. The Labute approximate surface area is 171 Å². The summed E-state index contributed by atoms with van der Waals surface area (Å²) in [7, 11) is 3.10. The average Bonchev–Trinajstić information content (AvgIpc) is 3.23. The molecule has 0 aliphatic carbocycles. The number of nitrogens with zero attached hydrogens (tertiary/aromatic N) is 2. The molecule has 1 heterocycles. The van der Waals surface area contributed by atoms with Crippen LogP contribution in [0.2, 0.25) is 0 Å². The summed E-state index contributed by atoms with van der Waals surface area (Å²) in [5, 5.41) is 11.7. The van der Waals surface area contributed by atoms with Gasteiger partial charge in [0.2, 0.25) is 5.91 Å². The van der Waals surface area contributed by atoms with Crippen LogP contribution < -0.4 is 15.2 Å². The molecule has 3 rings (SSSR count). The van der Waals surface area contributed by atoms with Crippen molar-refractivity contribution < 1.29 is 19.1 Å². The van der Waals surface area contributed by atoms with Crippen LogP contribution in [0.1, 0.15) is 31.6 Å². The third kappa shape index (κ3) is 4.10. The van der Waals surface area contributed by atoms with Crippen LogP contribution in [0.5, 0.6) is 11.5 Å². The molecule has 0 saturated heterocycles. The highest BCUT2D eigenvalue weighted by Crippen LogP contribution is 2.34. The molecule has 2 aromatic carbocycles. The Bertz CT molecular complexity index is 1100. The molecule has 3 aromatic rings. The summed E-state index contributed by atoms with van der Waals surface area (Å²) in [6.45, 7) is 0. The number of hydrogen-bond acceptors (Lipinski definition) is 7. The lowest BCUT2D eigenvalue weighted by molar-refractivity contribution is 0.0973. The van der Waals surface area contributed by atoms with E-state index in [1.165, 1.54) is 35.6 Å². The number of carbonyl (C=O) groups excluding carboxylic acids is 2. The fraction of sp³-hybridized carbons (Fsp3) is 0.143. The predicted octanol–water partition coefficient (Wildman–Crippen LogP) is 3.42. The Morgan fingerprint density at radius 2 is 1.72 bits per heavy atom. The molecular weight excluding hydrogens is 390 g/mol. The second-order valence-corrected chi connectivity index (χ2v) is 6.90. The van der Waals surface area contributed by atoms with Gasteiger partial charge < -0.3 is 15.2 Å². The molecule has 29 heavy (non-hydrogen) atoms. The van der Waals surface area contributed by atoms with Crippen molar-refractivity contribution in [2.45, 2.75) is 5.92 Å². The fourth-order valence-electron chi connectivity index (χ4n) is 2.74. The number of rotatable bonds is 7. The first-order chi connectivity index (χ1) is 14.0. The summed E-state index contributed by atoms with van der Waals surface area (Å²) in [6.07, 6.45) is 0. The third-order valence-electron chi connectivity index (χ3n) is 4.29. The summed E-state index contributed by atoms with van der Waals surface area (Å²) in [6, 6.07) is 13.3. The lowest BCUT2D eigenvalue weighted by Gasteiger charge is -2.08. The summed E-state index contributed by atoms with van der Waals surface area (Å²) in [4.78, 5) is 28.4. The van der Waals surface area contributed by atoms with Crippen LogP contribution in [0.25, 0.3) is 11.3 Å². The number of nitrogens with two attached hydrogens (primary N) is 1. The zero-order chi connectivity index (χ0) is 21.0. The monoisotopic (exact) mass is 407 g/mol. The van der Waals surface area contributed by atoms with Gasteiger partial charge in [-0.1, -0.05) is 12.1 Å². The van der Waals surface area contributed by atoms with Crippen molar-refractivity contribution >= 4 is 23.0 Å². The smallest absolute Gasteiger partial charge is 0.248 e. The van der Waals surface area contributed by atoms with Crippen LogP contribution in [0.15, 0.2) is 47.8 Å². The maximum atomic E-state index is 12.8. The molecule has 0 radical (unpaired) electrons. The van der Waals surface area contributed by atoms with Gasteiger partial charge in [-0.3, -0.25) is 9.59 Å². The van der Waals surface area contributed by atoms with Gasteiger partial charge in [-0.2, -0.15) is 5.26 Å². The Hall–Kier alpha value is -3.70. The molecular formula is C21H17N3O4S. The molecule has 7 nitrogen and oxygen atoms in total. The summed E-state index contributed by atoms with van der Waals surface area (Å²) in [5.74, 6) is -0.872. The number of carbonyl (C=O) groups is 2. The number of Topliss-reactive ketones (excluding diaryl/α,β-unsaturated/α-hetero) is 1. The predicted molar refractivity (Wildman–Crippen MR) is 108 cm³/mol. The van der Waals surface area contributed by atoms with Gasteiger partial charge in [0.25, 0.3) is 0 Å². The first-order valence-corrected chi connectivity index (χ1v) is 9.38. The summed E-state index contributed by atoms with van der Waals surface area (Å²) in [5.41, 5.74) is 7.22. The van der Waals surface area contributed by atoms with E-state index in [4.69, 9.17) is 15.2 Å². The van der Waals surface area contributed by atoms with E-state index < -0.39 is 17.6 Å². The highest BCUT2D eigenvalue weighted by molar-refractivity contribution is 7.10. The van der Waals surface area contributed by atoms with Crippen molar-refractivity contribution in [3.63, 3.8) is 0 Å². The Morgan fingerprint density at radius 3 is 2.31 bits per heavy atom. The molecule has 8 heteroatoms. The number of hydrogen-bond donors (Lipinski definition) is 1. The maximum Gasteiger partial charge on any atom is 0.248 e. The quantitative estimate of drug-likeness (QED) is 0.600. The largest absolute Gasteiger partial charge is 0.493 e. The van der Waals surface area contributed by atoms with Crippen molar-refractivity contribution in [3.8, 4) is 28.8 Å². The highest BCUT2D eigenvalue weighted by atomic mass is 32.1. The number of methoxy groups -OCH3 is 2. The molecule has 2 N–H and O–H groups in total. The average molecular weight is 407 g/mol. The maximum absolute atomic E-state index is 12.8. The van der Waals surface area contributed by atoms with E-state index in [9.17, 15) is 14.9 Å². The first kappa shape index (κ1) is 20.0. The lowest BCUT2D eigenvalue weighted by Crippen LogP contribution is -2.13. The van der Waals surface area contributed by atoms with E-state index >= 15 is 0 Å². The minimum absolute atomic E-state index is 0.292. The van der Waals surface area contributed by atoms with Crippen LogP contribution in [-0.2, 0) is 0 Å². The van der Waals surface area contributed by atoms with Crippen LogP contribution in [-0.4, -0.2) is 30.9 Å². The minimum atomic E-state index is -1.05. The van der Waals surface area contributed by atoms with Crippen LogP contribution in [0, 0.1) is 11.3 Å². The Balaban J connectivity index is 1.88. The number of amides is 1. The zero-order valence-electron chi connectivity index (χ0n) is 15.7. The molecule has 1 unspecified atom stereocenters. The van der Waals surface area contributed by atoms with E-state index in [0.29, 0.717) is 33.3 Å². The van der Waals surface area contributed by atoms with Crippen molar-refractivity contribution in [2.24, 2.45) is 5.73 Å². The van der Waals surface area contributed by atoms with Crippen molar-refractivity contribution in [2.75, 3.05) is 14.2 Å². The van der Waals surface area contributed by atoms with Crippen LogP contribution >= 0.6 is 11.3 Å². The lowest BCUT2D eigenvalue weighted by atomic mass is 9.98. The van der Waals surface area contributed by atoms with E-state index in [1.54, 1.807) is 31.7 Å². The fourth-order valence-corrected chi connectivity index (χ4v) is 3.61. The zero-order valence-corrected chi connectivity index (χ0v) is 16.5. The van der Waals surface area contributed by atoms with E-state index in [2.05, 4.69) is 4.98 Å². The molecule has 0 fully saturated rings. The van der Waals surface area contributed by atoms with E-state index in [1.807, 2.05) is 12.1 Å². The van der Waals surface area contributed by atoms with Gasteiger partial charge in [0.05, 0.1) is 26.0 Å². The number of aromatic nitrogens is 1. The number of thiazole rings is 1. The highest BCUT2D eigenvalue weighted by Gasteiger charge is 2.25. The number of benzene rings is 2. The molecule has 1 atom stereocenters. The van der Waals surface area contributed by atoms with Crippen molar-refractivity contribution in [3.05, 3.63) is 64.0 Å². The second kappa shape index (κ2) is 8.54. The van der Waals surface area contributed by atoms with Gasteiger partial charge in [-0.25, -0.2) is 4.98 Å². The molecule has 0 spiro atoms. The normalized spacial score (nSPS) is 11.3. The first-order valence-electron chi connectivity index (χ1n) is 8.50. The van der Waals surface area contributed by atoms with Gasteiger partial charge in [0, 0.05) is 22.1 Å². The van der Waals surface area contributed by atoms with Gasteiger partial charge in [0.15, 0.2) is 23.2 Å². The minimum Gasteiger partial charge on any atom is -0.493 e. The number of nitriles is 1.